The maximum atomic E-state index is 9.59. The van der Waals surface area contributed by atoms with E-state index in [0.29, 0.717) is 5.75 Å². The van der Waals surface area contributed by atoms with Crippen LogP contribution in [-0.4, -0.2) is 23.2 Å². The number of aromatic nitrogens is 1. The molecule has 0 aliphatic heterocycles. The number of benzene rings is 1. The Balaban J connectivity index is 0.000000247. The number of hydrogen-bond donors (Lipinski definition) is 2. The number of nitrogens with one attached hydrogen (secondary N) is 1. The third-order valence-electron chi connectivity index (χ3n) is 3.12. The van der Waals surface area contributed by atoms with Gasteiger partial charge in [-0.2, -0.15) is 0 Å². The van der Waals surface area contributed by atoms with Gasteiger partial charge in [-0.05, 0) is 43.0 Å². The van der Waals surface area contributed by atoms with Crippen LogP contribution in [0.25, 0.3) is 10.9 Å². The molecule has 1 aromatic heterocycles. The number of esters is 1. The fraction of sp³-hybridized carbons (Fsp3) is 0.438. The minimum absolute atomic E-state index is 0.245. The number of aromatic amines is 1. The summed E-state index contributed by atoms with van der Waals surface area (Å²) in [5, 5.41) is 10.6. The van der Waals surface area contributed by atoms with Crippen LogP contribution in [0.4, 0.5) is 0 Å². The van der Waals surface area contributed by atoms with Gasteiger partial charge < -0.3 is 14.8 Å². The topological polar surface area (TPSA) is 62.3 Å². The van der Waals surface area contributed by atoms with Crippen LogP contribution in [0.2, 0.25) is 0 Å². The molecule has 0 fully saturated rings. The minimum Gasteiger partial charge on any atom is -0.508 e. The van der Waals surface area contributed by atoms with E-state index in [1.54, 1.807) is 6.07 Å². The van der Waals surface area contributed by atoms with Crippen molar-refractivity contribution in [3.8, 4) is 5.75 Å². The largest absolute Gasteiger partial charge is 0.508 e. The predicted octanol–water partition coefficient (Wildman–Crippen LogP) is 3.57. The smallest absolute Gasteiger partial charge is 0.302 e. The standard InChI is InChI=1S/C11H11NO.C3H6O2.C2H6/c13-7-4-5-11-9(6-7)8-2-1-3-10(8)12-11;1-3(4)5-2;1-2/h4-6,12-13H,1-3H2;1-2H3;1-2H3. The van der Waals surface area contributed by atoms with Gasteiger partial charge in [-0.3, -0.25) is 4.79 Å². The van der Waals surface area contributed by atoms with Gasteiger partial charge in [-0.25, -0.2) is 0 Å². The van der Waals surface area contributed by atoms with E-state index in [2.05, 4.69) is 9.72 Å². The van der Waals surface area contributed by atoms with Crippen molar-refractivity contribution in [1.29, 1.82) is 0 Å². The Kier molecular flexibility index (Phi) is 6.10. The Morgan fingerprint density at radius 2 is 1.95 bits per heavy atom. The van der Waals surface area contributed by atoms with Gasteiger partial charge in [0.05, 0.1) is 7.11 Å². The first kappa shape index (κ1) is 16.1. The zero-order valence-electron chi connectivity index (χ0n) is 12.6. The average Bonchev–Trinajstić information content (AvgIpc) is 3.03. The lowest BCUT2D eigenvalue weighted by atomic mass is 10.1. The maximum absolute atomic E-state index is 9.59. The van der Waals surface area contributed by atoms with Crippen molar-refractivity contribution in [2.75, 3.05) is 7.11 Å². The first-order valence-corrected chi connectivity index (χ1v) is 6.99. The SMILES string of the molecule is CC.COC(C)=O.Oc1ccc2[nH]c3c(c2c1)CCC3. The molecular formula is C16H23NO3. The molecule has 1 aliphatic rings. The summed E-state index contributed by atoms with van der Waals surface area (Å²) in [6.45, 7) is 5.36. The number of rotatable bonds is 0. The van der Waals surface area contributed by atoms with Gasteiger partial charge in [0.2, 0.25) is 0 Å². The van der Waals surface area contributed by atoms with E-state index < -0.39 is 0 Å². The van der Waals surface area contributed by atoms with Gasteiger partial charge >= 0.3 is 5.97 Å². The second-order valence-corrected chi connectivity index (χ2v) is 4.36. The van der Waals surface area contributed by atoms with Crippen LogP contribution in [0.15, 0.2) is 18.2 Å². The lowest BCUT2D eigenvalue weighted by Gasteiger charge is -1.94. The van der Waals surface area contributed by atoms with Crippen LogP contribution in [-0.2, 0) is 22.4 Å². The highest BCUT2D eigenvalue weighted by Crippen LogP contribution is 2.31. The minimum atomic E-state index is -0.245. The van der Waals surface area contributed by atoms with Crippen LogP contribution in [0.3, 0.4) is 0 Å². The summed E-state index contributed by atoms with van der Waals surface area (Å²) in [5.74, 6) is 0.117. The van der Waals surface area contributed by atoms with E-state index in [4.69, 9.17) is 0 Å². The summed E-state index contributed by atoms with van der Waals surface area (Å²) < 4.78 is 4.11. The molecule has 20 heavy (non-hydrogen) atoms. The number of H-pyrrole nitrogens is 1. The second-order valence-electron chi connectivity index (χ2n) is 4.36. The summed E-state index contributed by atoms with van der Waals surface area (Å²) in [4.78, 5) is 13.0. The number of carbonyl (C=O) groups excluding carboxylic acids is 1. The molecule has 3 rings (SSSR count). The van der Waals surface area contributed by atoms with Crippen molar-refractivity contribution >= 4 is 16.9 Å². The highest BCUT2D eigenvalue weighted by atomic mass is 16.5. The first-order chi connectivity index (χ1) is 9.61. The Labute approximate surface area is 119 Å². The van der Waals surface area contributed by atoms with Gasteiger partial charge in [0.25, 0.3) is 0 Å². The van der Waals surface area contributed by atoms with Crippen LogP contribution in [0, 0.1) is 0 Å². The van der Waals surface area contributed by atoms with Crippen molar-refractivity contribution < 1.29 is 14.6 Å². The summed E-state index contributed by atoms with van der Waals surface area (Å²) in [7, 11) is 1.35. The molecule has 0 unspecified atom stereocenters. The van der Waals surface area contributed by atoms with E-state index in [0.717, 1.165) is 18.4 Å². The normalized spacial score (nSPS) is 11.8. The van der Waals surface area contributed by atoms with E-state index in [9.17, 15) is 9.90 Å². The summed E-state index contributed by atoms with van der Waals surface area (Å²) in [6, 6.07) is 5.53. The van der Waals surface area contributed by atoms with E-state index in [1.807, 2.05) is 26.0 Å². The van der Waals surface area contributed by atoms with Gasteiger partial charge in [0, 0.05) is 23.5 Å². The molecule has 4 nitrogen and oxygen atoms in total. The zero-order chi connectivity index (χ0) is 15.1. The molecule has 0 bridgehead atoms. The Hall–Kier alpha value is -1.97. The highest BCUT2D eigenvalue weighted by Gasteiger charge is 2.16. The molecule has 110 valence electrons. The van der Waals surface area contributed by atoms with Crippen molar-refractivity contribution in [3.05, 3.63) is 29.5 Å². The summed E-state index contributed by atoms with van der Waals surface area (Å²) in [6.07, 6.45) is 3.55. The Morgan fingerprint density at radius 1 is 1.30 bits per heavy atom. The number of hydrogen-bond acceptors (Lipinski definition) is 3. The number of phenolic OH excluding ortho intramolecular Hbond substituents is 1. The number of methoxy groups -OCH3 is 1. The Bertz CT molecular complexity index is 572. The molecule has 0 saturated carbocycles. The number of phenols is 1. The highest BCUT2D eigenvalue weighted by molar-refractivity contribution is 5.86. The Morgan fingerprint density at radius 3 is 2.55 bits per heavy atom. The van der Waals surface area contributed by atoms with Crippen molar-refractivity contribution in [2.24, 2.45) is 0 Å². The van der Waals surface area contributed by atoms with Crippen LogP contribution >= 0.6 is 0 Å². The molecule has 2 aromatic rings. The number of carbonyl (C=O) groups is 1. The second kappa shape index (κ2) is 7.58. The number of fused-ring (bicyclic) bond motifs is 3. The van der Waals surface area contributed by atoms with Crippen molar-refractivity contribution in [2.45, 2.75) is 40.0 Å². The summed E-state index contributed by atoms with van der Waals surface area (Å²) in [5.41, 5.74) is 3.92. The maximum Gasteiger partial charge on any atom is 0.302 e. The lowest BCUT2D eigenvalue weighted by Crippen LogP contribution is -1.88. The fourth-order valence-corrected chi connectivity index (χ4v) is 2.23. The number of aromatic hydroxyl groups is 1. The van der Waals surface area contributed by atoms with E-state index >= 15 is 0 Å². The molecule has 1 aliphatic carbocycles. The average molecular weight is 277 g/mol. The van der Waals surface area contributed by atoms with Gasteiger partial charge in [0.15, 0.2) is 0 Å². The van der Waals surface area contributed by atoms with Crippen LogP contribution < -0.4 is 0 Å². The molecule has 0 atom stereocenters. The molecule has 0 spiro atoms. The zero-order valence-corrected chi connectivity index (χ0v) is 12.6. The van der Waals surface area contributed by atoms with E-state index in [-0.39, 0.29) is 5.97 Å². The molecule has 4 heteroatoms. The lowest BCUT2D eigenvalue weighted by molar-refractivity contribution is -0.137. The van der Waals surface area contributed by atoms with Crippen LogP contribution in [0.1, 0.15) is 38.4 Å². The quantitative estimate of drug-likeness (QED) is 0.724. The predicted molar refractivity (Wildman–Crippen MR) is 81.0 cm³/mol. The van der Waals surface area contributed by atoms with Crippen LogP contribution in [0.5, 0.6) is 5.75 Å². The van der Waals surface area contributed by atoms with Gasteiger partial charge in [0.1, 0.15) is 5.75 Å². The van der Waals surface area contributed by atoms with Crippen molar-refractivity contribution in [3.63, 3.8) is 0 Å². The summed E-state index contributed by atoms with van der Waals surface area (Å²) >= 11 is 0. The molecule has 0 amide bonds. The van der Waals surface area contributed by atoms with E-state index in [1.165, 1.54) is 37.1 Å². The van der Waals surface area contributed by atoms with Gasteiger partial charge in [-0.1, -0.05) is 13.8 Å². The number of ether oxygens (including phenoxy) is 1. The van der Waals surface area contributed by atoms with Gasteiger partial charge in [-0.15, -0.1) is 0 Å². The third-order valence-corrected chi connectivity index (χ3v) is 3.12. The molecule has 0 radical (unpaired) electrons. The molecular weight excluding hydrogens is 254 g/mol. The first-order valence-electron chi connectivity index (χ1n) is 6.99. The fourth-order valence-electron chi connectivity index (χ4n) is 2.23. The number of aryl methyl sites for hydroxylation is 2. The third kappa shape index (κ3) is 3.76. The molecule has 2 N–H and O–H groups in total. The monoisotopic (exact) mass is 277 g/mol. The molecule has 0 saturated heterocycles. The van der Waals surface area contributed by atoms with Crippen molar-refractivity contribution in [1.82, 2.24) is 4.98 Å². The molecule has 1 aromatic carbocycles. The molecule has 1 heterocycles.